The molecule has 0 bridgehead atoms. The molecule has 0 aliphatic heterocycles. The minimum absolute atomic E-state index is 0.343. The third-order valence-corrected chi connectivity index (χ3v) is 2.90. The van der Waals surface area contributed by atoms with E-state index in [4.69, 9.17) is 11.6 Å². The smallest absolute Gasteiger partial charge is 0.339 e. The molecule has 0 amide bonds. The molecule has 1 aromatic heterocycles. The highest BCUT2D eigenvalue weighted by Gasteiger charge is 2.11. The van der Waals surface area contributed by atoms with Gasteiger partial charge >= 0.3 is 5.97 Å². The molecule has 1 aromatic carbocycles. The minimum Gasteiger partial charge on any atom is -0.465 e. The van der Waals surface area contributed by atoms with E-state index in [1.807, 2.05) is 18.2 Å². The van der Waals surface area contributed by atoms with Crippen molar-refractivity contribution >= 4 is 23.3 Å². The van der Waals surface area contributed by atoms with Crippen molar-refractivity contribution in [2.75, 3.05) is 12.4 Å². The first-order valence-corrected chi connectivity index (χ1v) is 6.10. The second-order valence-electron chi connectivity index (χ2n) is 3.86. The number of methoxy groups -OCH3 is 1. The summed E-state index contributed by atoms with van der Waals surface area (Å²) in [5.41, 5.74) is 2.04. The number of aromatic nitrogens is 1. The predicted octanol–water partition coefficient (Wildman–Crippen LogP) is 3.13. The zero-order valence-electron chi connectivity index (χ0n) is 10.4. The maximum Gasteiger partial charge on any atom is 0.339 e. The SMILES string of the molecule is COC(=O)c1cc(NCc2ccccn2)ccc1Cl. The van der Waals surface area contributed by atoms with Crippen LogP contribution in [0.25, 0.3) is 0 Å². The number of nitrogens with one attached hydrogen (secondary N) is 1. The van der Waals surface area contributed by atoms with Crippen molar-refractivity contribution in [3.63, 3.8) is 0 Å². The number of hydrogen-bond donors (Lipinski definition) is 1. The van der Waals surface area contributed by atoms with Gasteiger partial charge in [-0.25, -0.2) is 4.79 Å². The van der Waals surface area contributed by atoms with Crippen LogP contribution in [0.3, 0.4) is 0 Å². The van der Waals surface area contributed by atoms with Gasteiger partial charge in [0.2, 0.25) is 0 Å². The average molecular weight is 277 g/mol. The molecule has 0 aliphatic carbocycles. The Bertz CT molecular complexity index is 573. The van der Waals surface area contributed by atoms with Crippen LogP contribution in [-0.2, 0) is 11.3 Å². The molecule has 1 N–H and O–H groups in total. The Morgan fingerprint density at radius 1 is 1.37 bits per heavy atom. The summed E-state index contributed by atoms with van der Waals surface area (Å²) in [4.78, 5) is 15.7. The summed E-state index contributed by atoms with van der Waals surface area (Å²) >= 11 is 5.95. The molecular weight excluding hydrogens is 264 g/mol. The van der Waals surface area contributed by atoms with Crippen LogP contribution < -0.4 is 5.32 Å². The Kier molecular flexibility index (Phi) is 4.36. The maximum atomic E-state index is 11.5. The van der Waals surface area contributed by atoms with Crippen LogP contribution in [0.15, 0.2) is 42.6 Å². The van der Waals surface area contributed by atoms with E-state index in [1.54, 1.807) is 24.4 Å². The molecule has 2 aromatic rings. The highest BCUT2D eigenvalue weighted by Crippen LogP contribution is 2.21. The Hall–Kier alpha value is -2.07. The van der Waals surface area contributed by atoms with Crippen molar-refractivity contribution in [2.24, 2.45) is 0 Å². The number of pyridine rings is 1. The van der Waals surface area contributed by atoms with E-state index in [0.29, 0.717) is 17.1 Å². The highest BCUT2D eigenvalue weighted by atomic mass is 35.5. The molecule has 19 heavy (non-hydrogen) atoms. The van der Waals surface area contributed by atoms with E-state index in [2.05, 4.69) is 15.0 Å². The fourth-order valence-corrected chi connectivity index (χ4v) is 1.79. The van der Waals surface area contributed by atoms with Gasteiger partial charge in [-0.2, -0.15) is 0 Å². The predicted molar refractivity (Wildman–Crippen MR) is 74.4 cm³/mol. The first-order chi connectivity index (χ1) is 9.20. The summed E-state index contributed by atoms with van der Waals surface area (Å²) in [7, 11) is 1.33. The van der Waals surface area contributed by atoms with Crippen molar-refractivity contribution in [2.45, 2.75) is 6.54 Å². The van der Waals surface area contributed by atoms with E-state index >= 15 is 0 Å². The van der Waals surface area contributed by atoms with Gasteiger partial charge in [-0.05, 0) is 30.3 Å². The molecule has 0 unspecified atom stereocenters. The molecule has 2 rings (SSSR count). The van der Waals surface area contributed by atoms with Crippen LogP contribution in [0.5, 0.6) is 0 Å². The van der Waals surface area contributed by atoms with E-state index in [-0.39, 0.29) is 0 Å². The van der Waals surface area contributed by atoms with E-state index in [0.717, 1.165) is 11.4 Å². The van der Waals surface area contributed by atoms with Crippen LogP contribution in [-0.4, -0.2) is 18.1 Å². The van der Waals surface area contributed by atoms with Gasteiger partial charge in [0.15, 0.2) is 0 Å². The maximum absolute atomic E-state index is 11.5. The van der Waals surface area contributed by atoms with Gasteiger partial charge in [-0.1, -0.05) is 17.7 Å². The number of nitrogens with zero attached hydrogens (tertiary/aromatic N) is 1. The number of carbonyl (C=O) groups excluding carboxylic acids is 1. The summed E-state index contributed by atoms with van der Waals surface area (Å²) in [5, 5.41) is 3.55. The van der Waals surface area contributed by atoms with Crippen LogP contribution in [0.4, 0.5) is 5.69 Å². The summed E-state index contributed by atoms with van der Waals surface area (Å²) in [6, 6.07) is 10.8. The molecule has 0 saturated heterocycles. The third-order valence-electron chi connectivity index (χ3n) is 2.57. The summed E-state index contributed by atoms with van der Waals surface area (Å²) in [6.07, 6.45) is 1.73. The van der Waals surface area contributed by atoms with Gasteiger partial charge < -0.3 is 10.1 Å². The fourth-order valence-electron chi connectivity index (χ4n) is 1.60. The molecule has 0 saturated carbocycles. The number of carbonyl (C=O) groups is 1. The lowest BCUT2D eigenvalue weighted by atomic mass is 10.2. The van der Waals surface area contributed by atoms with Crippen molar-refractivity contribution in [1.82, 2.24) is 4.98 Å². The van der Waals surface area contributed by atoms with Gasteiger partial charge in [0, 0.05) is 11.9 Å². The summed E-state index contributed by atoms with van der Waals surface area (Å²) in [6.45, 7) is 0.573. The molecular formula is C14H13ClN2O2. The van der Waals surface area contributed by atoms with Gasteiger partial charge in [0.05, 0.1) is 29.9 Å². The Morgan fingerprint density at radius 3 is 2.89 bits per heavy atom. The number of rotatable bonds is 4. The van der Waals surface area contributed by atoms with Crippen LogP contribution >= 0.6 is 11.6 Å². The Labute approximate surface area is 116 Å². The van der Waals surface area contributed by atoms with E-state index in [1.165, 1.54) is 7.11 Å². The number of ether oxygens (including phenoxy) is 1. The number of hydrogen-bond acceptors (Lipinski definition) is 4. The quantitative estimate of drug-likeness (QED) is 0.872. The molecule has 4 nitrogen and oxygen atoms in total. The summed E-state index contributed by atoms with van der Waals surface area (Å²) < 4.78 is 4.67. The zero-order valence-corrected chi connectivity index (χ0v) is 11.1. The average Bonchev–Trinajstić information content (AvgIpc) is 2.46. The van der Waals surface area contributed by atoms with Crippen molar-refractivity contribution < 1.29 is 9.53 Å². The third kappa shape index (κ3) is 3.45. The van der Waals surface area contributed by atoms with Crippen LogP contribution in [0.1, 0.15) is 16.1 Å². The van der Waals surface area contributed by atoms with Gasteiger partial charge in [-0.15, -0.1) is 0 Å². The Balaban J connectivity index is 2.11. The van der Waals surface area contributed by atoms with Crippen molar-refractivity contribution in [3.05, 3.63) is 58.9 Å². The van der Waals surface area contributed by atoms with Crippen molar-refractivity contribution in [1.29, 1.82) is 0 Å². The first-order valence-electron chi connectivity index (χ1n) is 5.72. The van der Waals surface area contributed by atoms with Crippen LogP contribution in [0.2, 0.25) is 5.02 Å². The van der Waals surface area contributed by atoms with Crippen LogP contribution in [0, 0.1) is 0 Å². The monoisotopic (exact) mass is 276 g/mol. The van der Waals surface area contributed by atoms with Gasteiger partial charge in [-0.3, -0.25) is 4.98 Å². The molecule has 0 fully saturated rings. The molecule has 0 radical (unpaired) electrons. The van der Waals surface area contributed by atoms with Gasteiger partial charge in [0.25, 0.3) is 0 Å². The normalized spacial score (nSPS) is 10.0. The van der Waals surface area contributed by atoms with E-state index < -0.39 is 5.97 Å². The topological polar surface area (TPSA) is 51.2 Å². The molecule has 1 heterocycles. The molecule has 0 spiro atoms. The lowest BCUT2D eigenvalue weighted by Gasteiger charge is -2.08. The number of esters is 1. The number of anilines is 1. The lowest BCUT2D eigenvalue weighted by molar-refractivity contribution is 0.0601. The second-order valence-corrected chi connectivity index (χ2v) is 4.27. The van der Waals surface area contributed by atoms with Crippen molar-refractivity contribution in [3.8, 4) is 0 Å². The molecule has 98 valence electrons. The fraction of sp³-hybridized carbons (Fsp3) is 0.143. The lowest BCUT2D eigenvalue weighted by Crippen LogP contribution is -2.05. The summed E-state index contributed by atoms with van der Waals surface area (Å²) in [5.74, 6) is -0.452. The Morgan fingerprint density at radius 2 is 2.21 bits per heavy atom. The largest absolute Gasteiger partial charge is 0.465 e. The van der Waals surface area contributed by atoms with Gasteiger partial charge in [0.1, 0.15) is 0 Å². The minimum atomic E-state index is -0.452. The standard InChI is InChI=1S/C14H13ClN2O2/c1-19-14(18)12-8-10(5-6-13(12)15)17-9-11-4-2-3-7-16-11/h2-8,17H,9H2,1H3. The molecule has 0 atom stereocenters. The molecule has 0 aliphatic rings. The zero-order chi connectivity index (χ0) is 13.7. The second kappa shape index (κ2) is 6.20. The first kappa shape index (κ1) is 13.4. The molecule has 5 heteroatoms. The highest BCUT2D eigenvalue weighted by molar-refractivity contribution is 6.33. The number of halogens is 1. The number of benzene rings is 1. The van der Waals surface area contributed by atoms with E-state index in [9.17, 15) is 4.79 Å².